The molecule has 2 aromatic rings. The van der Waals surface area contributed by atoms with Gasteiger partial charge in [0.2, 0.25) is 0 Å². The first-order chi connectivity index (χ1) is 7.79. The van der Waals surface area contributed by atoms with Gasteiger partial charge in [-0.1, -0.05) is 6.07 Å². The predicted molar refractivity (Wildman–Crippen MR) is 59.5 cm³/mol. The van der Waals surface area contributed by atoms with E-state index < -0.39 is 5.76 Å². The Kier molecular flexibility index (Phi) is 3.16. The molecule has 1 aromatic heterocycles. The van der Waals surface area contributed by atoms with Crippen LogP contribution in [0.25, 0.3) is 11.1 Å². The number of benzene rings is 1. The molecule has 0 spiro atoms. The van der Waals surface area contributed by atoms with E-state index in [1.54, 1.807) is 6.07 Å². The van der Waals surface area contributed by atoms with Crippen LogP contribution in [0.15, 0.2) is 27.4 Å². The molecule has 5 nitrogen and oxygen atoms in total. The molecule has 5 heteroatoms. The van der Waals surface area contributed by atoms with E-state index in [1.807, 2.05) is 12.1 Å². The highest BCUT2D eigenvalue weighted by Crippen LogP contribution is 2.12. The van der Waals surface area contributed by atoms with E-state index in [4.69, 9.17) is 4.42 Å². The summed E-state index contributed by atoms with van der Waals surface area (Å²) in [7, 11) is 0. The Labute approximate surface area is 91.5 Å². The maximum atomic E-state index is 10.9. The summed E-state index contributed by atoms with van der Waals surface area (Å²) in [6, 6.07) is 5.55. The Hall–Kier alpha value is -1.88. The minimum atomic E-state index is -0.439. The molecule has 0 radical (unpaired) electrons. The molecule has 0 aliphatic heterocycles. The van der Waals surface area contributed by atoms with E-state index in [9.17, 15) is 9.59 Å². The highest BCUT2D eigenvalue weighted by molar-refractivity contribution is 5.72. The van der Waals surface area contributed by atoms with Crippen LogP contribution in [0.3, 0.4) is 0 Å². The zero-order valence-electron chi connectivity index (χ0n) is 8.66. The largest absolute Gasteiger partial charge is 0.417 e. The highest BCUT2D eigenvalue weighted by Gasteiger charge is 2.01. The molecule has 0 saturated heterocycles. The van der Waals surface area contributed by atoms with Crippen molar-refractivity contribution in [2.75, 3.05) is 13.1 Å². The number of aromatic amines is 1. The van der Waals surface area contributed by atoms with Crippen molar-refractivity contribution in [1.29, 1.82) is 0 Å². The molecule has 84 valence electrons. The second-order valence-electron chi connectivity index (χ2n) is 3.47. The molecule has 16 heavy (non-hydrogen) atoms. The number of carbonyl (C=O) groups excluding carboxylic acids is 1. The quantitative estimate of drug-likeness (QED) is 0.566. The molecule has 0 saturated carbocycles. The number of nitrogens with one attached hydrogen (secondary N) is 2. The van der Waals surface area contributed by atoms with Crippen LogP contribution in [-0.2, 0) is 11.2 Å². The average Bonchev–Trinajstić information content (AvgIpc) is 2.64. The molecule has 0 atom stereocenters. The van der Waals surface area contributed by atoms with Gasteiger partial charge in [-0.3, -0.25) is 4.98 Å². The van der Waals surface area contributed by atoms with E-state index in [0.29, 0.717) is 17.6 Å². The molecule has 0 fully saturated rings. The first-order valence-corrected chi connectivity index (χ1v) is 5.06. The third-order valence-electron chi connectivity index (χ3n) is 2.30. The fourth-order valence-corrected chi connectivity index (χ4v) is 1.55. The lowest BCUT2D eigenvalue weighted by Gasteiger charge is -2.01. The fourth-order valence-electron chi connectivity index (χ4n) is 1.55. The summed E-state index contributed by atoms with van der Waals surface area (Å²) in [4.78, 5) is 23.6. The van der Waals surface area contributed by atoms with E-state index >= 15 is 0 Å². The summed E-state index contributed by atoms with van der Waals surface area (Å²) < 4.78 is 4.89. The Balaban J connectivity index is 2.07. The van der Waals surface area contributed by atoms with Gasteiger partial charge in [0.05, 0.1) is 12.1 Å². The van der Waals surface area contributed by atoms with Gasteiger partial charge >= 0.3 is 5.76 Å². The number of carbonyl (C=O) groups is 1. The van der Waals surface area contributed by atoms with Gasteiger partial charge in [0, 0.05) is 0 Å². The van der Waals surface area contributed by atoms with E-state index in [1.165, 1.54) is 0 Å². The molecule has 0 bridgehead atoms. The van der Waals surface area contributed by atoms with Crippen molar-refractivity contribution < 1.29 is 9.21 Å². The van der Waals surface area contributed by atoms with Crippen LogP contribution in [-0.4, -0.2) is 24.4 Å². The minimum absolute atomic E-state index is 0.366. The Morgan fingerprint density at radius 3 is 3.12 bits per heavy atom. The molecule has 1 heterocycles. The van der Waals surface area contributed by atoms with Crippen molar-refractivity contribution >= 4 is 17.4 Å². The van der Waals surface area contributed by atoms with Gasteiger partial charge < -0.3 is 14.5 Å². The van der Waals surface area contributed by atoms with Gasteiger partial charge in [0.1, 0.15) is 6.29 Å². The van der Waals surface area contributed by atoms with Crippen LogP contribution in [0.2, 0.25) is 0 Å². The first-order valence-electron chi connectivity index (χ1n) is 5.06. The summed E-state index contributed by atoms with van der Waals surface area (Å²) in [6.07, 6.45) is 1.63. The third kappa shape index (κ3) is 2.38. The molecule has 2 N–H and O–H groups in total. The second-order valence-corrected chi connectivity index (χ2v) is 3.47. The van der Waals surface area contributed by atoms with Crippen molar-refractivity contribution in [2.45, 2.75) is 6.42 Å². The van der Waals surface area contributed by atoms with Crippen molar-refractivity contribution in [3.8, 4) is 0 Å². The summed E-state index contributed by atoms with van der Waals surface area (Å²) in [5.74, 6) is -0.439. The number of oxazole rings is 1. The maximum Gasteiger partial charge on any atom is 0.417 e. The molecule has 0 aliphatic rings. The van der Waals surface area contributed by atoms with E-state index in [-0.39, 0.29) is 0 Å². The molecule has 1 aromatic carbocycles. The van der Waals surface area contributed by atoms with Crippen LogP contribution in [0.1, 0.15) is 5.56 Å². The first kappa shape index (κ1) is 10.6. The van der Waals surface area contributed by atoms with E-state index in [0.717, 1.165) is 24.8 Å². The maximum absolute atomic E-state index is 10.9. The van der Waals surface area contributed by atoms with Crippen LogP contribution >= 0.6 is 0 Å². The van der Waals surface area contributed by atoms with Gasteiger partial charge in [-0.2, -0.15) is 0 Å². The average molecular weight is 220 g/mol. The predicted octanol–water partition coefficient (Wildman–Crippen LogP) is 0.452. The Bertz CT molecular complexity index is 541. The number of fused-ring (bicyclic) bond motifs is 1. The van der Waals surface area contributed by atoms with Crippen LogP contribution in [0.4, 0.5) is 0 Å². The van der Waals surface area contributed by atoms with Gasteiger partial charge in [-0.15, -0.1) is 0 Å². The van der Waals surface area contributed by atoms with Gasteiger partial charge in [0.15, 0.2) is 5.58 Å². The van der Waals surface area contributed by atoms with Crippen molar-refractivity contribution in [1.82, 2.24) is 10.3 Å². The van der Waals surface area contributed by atoms with Gasteiger partial charge in [-0.05, 0) is 30.7 Å². The summed E-state index contributed by atoms with van der Waals surface area (Å²) in [5, 5.41) is 2.97. The number of hydrogen-bond donors (Lipinski definition) is 2. The lowest BCUT2D eigenvalue weighted by atomic mass is 10.1. The molecular formula is C11H12N2O3. The second kappa shape index (κ2) is 4.76. The monoisotopic (exact) mass is 220 g/mol. The lowest BCUT2D eigenvalue weighted by Crippen LogP contribution is -2.19. The summed E-state index contributed by atoms with van der Waals surface area (Å²) in [6.45, 7) is 1.09. The summed E-state index contributed by atoms with van der Waals surface area (Å²) in [5.41, 5.74) is 2.36. The molecule has 0 unspecified atom stereocenters. The number of aldehydes is 1. The van der Waals surface area contributed by atoms with Crippen LogP contribution in [0.5, 0.6) is 0 Å². The molecular weight excluding hydrogens is 208 g/mol. The zero-order valence-corrected chi connectivity index (χ0v) is 8.66. The van der Waals surface area contributed by atoms with Gasteiger partial charge in [-0.25, -0.2) is 4.79 Å². The SMILES string of the molecule is O=CCNCCc1ccc2oc(=O)[nH]c2c1. The fraction of sp³-hybridized carbons (Fsp3) is 0.273. The normalized spacial score (nSPS) is 10.8. The smallest absolute Gasteiger partial charge is 0.408 e. The molecule has 0 amide bonds. The van der Waals surface area contributed by atoms with Crippen molar-refractivity contribution in [3.63, 3.8) is 0 Å². The minimum Gasteiger partial charge on any atom is -0.408 e. The topological polar surface area (TPSA) is 75.1 Å². The molecule has 2 rings (SSSR count). The zero-order chi connectivity index (χ0) is 11.4. The Morgan fingerprint density at radius 2 is 2.31 bits per heavy atom. The van der Waals surface area contributed by atoms with Crippen molar-refractivity contribution in [3.05, 3.63) is 34.3 Å². The standard InChI is InChI=1S/C11H12N2O3/c14-6-5-12-4-3-8-1-2-10-9(7-8)13-11(15)16-10/h1-2,6-7,12H,3-5H2,(H,13,15). The van der Waals surface area contributed by atoms with Crippen LogP contribution < -0.4 is 11.1 Å². The lowest BCUT2D eigenvalue weighted by molar-refractivity contribution is -0.107. The van der Waals surface area contributed by atoms with Gasteiger partial charge in [0.25, 0.3) is 0 Å². The Morgan fingerprint density at radius 1 is 1.44 bits per heavy atom. The van der Waals surface area contributed by atoms with E-state index in [2.05, 4.69) is 10.3 Å². The number of H-pyrrole nitrogens is 1. The molecule has 0 aliphatic carbocycles. The number of hydrogen-bond acceptors (Lipinski definition) is 4. The van der Waals surface area contributed by atoms with Crippen LogP contribution in [0, 0.1) is 0 Å². The third-order valence-corrected chi connectivity index (χ3v) is 2.30. The highest BCUT2D eigenvalue weighted by atomic mass is 16.4. The summed E-state index contributed by atoms with van der Waals surface area (Å²) >= 11 is 0. The number of aromatic nitrogens is 1. The van der Waals surface area contributed by atoms with Crippen molar-refractivity contribution in [2.24, 2.45) is 0 Å². The number of rotatable bonds is 5.